The molecule has 1 heterocycles. The van der Waals surface area contributed by atoms with Gasteiger partial charge in [0.2, 0.25) is 21.8 Å². The fraction of sp³-hybridized carbons (Fsp3) is 0.300. The summed E-state index contributed by atoms with van der Waals surface area (Å²) in [6, 6.07) is 12.0. The summed E-state index contributed by atoms with van der Waals surface area (Å²) in [4.78, 5) is 24.0. The highest BCUT2D eigenvalue weighted by Crippen LogP contribution is 2.28. The van der Waals surface area contributed by atoms with Gasteiger partial charge < -0.3 is 15.4 Å². The van der Waals surface area contributed by atoms with E-state index >= 15 is 0 Å². The summed E-state index contributed by atoms with van der Waals surface area (Å²) in [5.41, 5.74) is 1.14. The van der Waals surface area contributed by atoms with Crippen molar-refractivity contribution in [2.45, 2.75) is 30.7 Å². The minimum atomic E-state index is -3.80. The van der Waals surface area contributed by atoms with Crippen LogP contribution >= 0.6 is 0 Å². The number of carbonyl (C=O) groups is 2. The quantitative estimate of drug-likeness (QED) is 0.751. The smallest absolute Gasteiger partial charge is 0.243 e. The van der Waals surface area contributed by atoms with Crippen LogP contribution in [0.5, 0.6) is 5.75 Å². The SMILES string of the molecule is COc1ccc(S(=O)(=O)N2CCC[C@H]2C(=O)Nc2ccc(NC(C)=O)cc2)cc1. The van der Waals surface area contributed by atoms with E-state index in [-0.39, 0.29) is 23.3 Å². The molecule has 0 bridgehead atoms. The number of sulfonamides is 1. The Kier molecular flexibility index (Phi) is 6.19. The molecule has 9 heteroatoms. The summed E-state index contributed by atoms with van der Waals surface area (Å²) < 4.78 is 32.3. The molecule has 1 fully saturated rings. The lowest BCUT2D eigenvalue weighted by molar-refractivity contribution is -0.119. The average molecular weight is 417 g/mol. The Morgan fingerprint density at radius 1 is 1.00 bits per heavy atom. The highest BCUT2D eigenvalue weighted by molar-refractivity contribution is 7.89. The second-order valence-electron chi connectivity index (χ2n) is 6.70. The molecule has 2 N–H and O–H groups in total. The minimum Gasteiger partial charge on any atom is -0.497 e. The lowest BCUT2D eigenvalue weighted by Gasteiger charge is -2.23. The number of rotatable bonds is 6. The molecule has 0 saturated carbocycles. The Hall–Kier alpha value is -2.91. The van der Waals surface area contributed by atoms with E-state index in [1.54, 1.807) is 36.4 Å². The van der Waals surface area contributed by atoms with Gasteiger partial charge in [0.15, 0.2) is 0 Å². The monoisotopic (exact) mass is 417 g/mol. The number of carbonyl (C=O) groups excluding carboxylic acids is 2. The van der Waals surface area contributed by atoms with Crippen LogP contribution in [-0.4, -0.2) is 44.2 Å². The average Bonchev–Trinajstić information content (AvgIpc) is 3.20. The largest absolute Gasteiger partial charge is 0.497 e. The van der Waals surface area contributed by atoms with Gasteiger partial charge in [-0.1, -0.05) is 0 Å². The molecule has 0 radical (unpaired) electrons. The van der Waals surface area contributed by atoms with Crippen LogP contribution in [-0.2, 0) is 19.6 Å². The fourth-order valence-corrected chi connectivity index (χ4v) is 4.90. The number of amides is 2. The summed E-state index contributed by atoms with van der Waals surface area (Å²) in [5, 5.41) is 5.40. The Morgan fingerprint density at radius 3 is 2.14 bits per heavy atom. The van der Waals surface area contributed by atoms with Crippen molar-refractivity contribution in [3.63, 3.8) is 0 Å². The van der Waals surface area contributed by atoms with Gasteiger partial charge in [-0.05, 0) is 61.4 Å². The van der Waals surface area contributed by atoms with Crippen molar-refractivity contribution in [1.29, 1.82) is 0 Å². The molecular formula is C20H23N3O5S. The van der Waals surface area contributed by atoms with E-state index in [1.165, 1.54) is 30.5 Å². The minimum absolute atomic E-state index is 0.123. The van der Waals surface area contributed by atoms with E-state index in [2.05, 4.69) is 10.6 Å². The molecule has 154 valence electrons. The molecular weight excluding hydrogens is 394 g/mol. The lowest BCUT2D eigenvalue weighted by Crippen LogP contribution is -2.43. The topological polar surface area (TPSA) is 105 Å². The fourth-order valence-electron chi connectivity index (χ4n) is 3.24. The normalized spacial score (nSPS) is 17.0. The van der Waals surface area contributed by atoms with E-state index in [0.717, 1.165) is 0 Å². The first-order chi connectivity index (χ1) is 13.8. The number of anilines is 2. The number of hydrogen-bond donors (Lipinski definition) is 2. The van der Waals surface area contributed by atoms with Crippen LogP contribution in [0, 0.1) is 0 Å². The van der Waals surface area contributed by atoms with Crippen LogP contribution < -0.4 is 15.4 Å². The van der Waals surface area contributed by atoms with Gasteiger partial charge in [0, 0.05) is 24.8 Å². The van der Waals surface area contributed by atoms with Crippen molar-refractivity contribution in [2.24, 2.45) is 0 Å². The maximum absolute atomic E-state index is 13.0. The molecule has 3 rings (SSSR count). The van der Waals surface area contributed by atoms with Gasteiger partial charge in [0.1, 0.15) is 11.8 Å². The molecule has 1 aliphatic heterocycles. The van der Waals surface area contributed by atoms with Gasteiger partial charge >= 0.3 is 0 Å². The van der Waals surface area contributed by atoms with Gasteiger partial charge in [-0.15, -0.1) is 0 Å². The van der Waals surface area contributed by atoms with Crippen molar-refractivity contribution >= 4 is 33.2 Å². The number of nitrogens with one attached hydrogen (secondary N) is 2. The van der Waals surface area contributed by atoms with Crippen molar-refractivity contribution in [3.05, 3.63) is 48.5 Å². The van der Waals surface area contributed by atoms with Gasteiger partial charge in [0.05, 0.1) is 12.0 Å². The lowest BCUT2D eigenvalue weighted by atomic mass is 10.2. The maximum atomic E-state index is 13.0. The zero-order valence-electron chi connectivity index (χ0n) is 16.2. The number of hydrogen-bond acceptors (Lipinski definition) is 5. The molecule has 2 aromatic rings. The molecule has 0 unspecified atom stereocenters. The maximum Gasteiger partial charge on any atom is 0.243 e. The second-order valence-corrected chi connectivity index (χ2v) is 8.59. The van der Waals surface area contributed by atoms with E-state index < -0.39 is 16.1 Å². The number of benzene rings is 2. The van der Waals surface area contributed by atoms with Crippen molar-refractivity contribution in [1.82, 2.24) is 4.31 Å². The number of methoxy groups -OCH3 is 1. The van der Waals surface area contributed by atoms with Gasteiger partial charge in [-0.2, -0.15) is 4.31 Å². The molecule has 2 aromatic carbocycles. The van der Waals surface area contributed by atoms with Crippen LogP contribution in [0.4, 0.5) is 11.4 Å². The number of ether oxygens (including phenoxy) is 1. The molecule has 2 amide bonds. The highest BCUT2D eigenvalue weighted by Gasteiger charge is 2.39. The third kappa shape index (κ3) is 4.75. The third-order valence-electron chi connectivity index (χ3n) is 4.65. The summed E-state index contributed by atoms with van der Waals surface area (Å²) in [6.45, 7) is 1.70. The Bertz CT molecular complexity index is 988. The molecule has 0 aliphatic carbocycles. The van der Waals surface area contributed by atoms with E-state index in [4.69, 9.17) is 4.74 Å². The summed E-state index contributed by atoms with van der Waals surface area (Å²) in [7, 11) is -2.29. The third-order valence-corrected chi connectivity index (χ3v) is 6.57. The van der Waals surface area contributed by atoms with E-state index in [0.29, 0.717) is 30.0 Å². The molecule has 0 spiro atoms. The summed E-state index contributed by atoms with van der Waals surface area (Å²) in [5.74, 6) is -0.0126. The molecule has 8 nitrogen and oxygen atoms in total. The highest BCUT2D eigenvalue weighted by atomic mass is 32.2. The molecule has 1 aliphatic rings. The van der Waals surface area contributed by atoms with Gasteiger partial charge in [0.25, 0.3) is 0 Å². The second kappa shape index (κ2) is 8.62. The first-order valence-electron chi connectivity index (χ1n) is 9.15. The summed E-state index contributed by atoms with van der Waals surface area (Å²) in [6.07, 6.45) is 1.06. The molecule has 0 aromatic heterocycles. The van der Waals surface area contributed by atoms with E-state index in [1.807, 2.05) is 0 Å². The van der Waals surface area contributed by atoms with Crippen LogP contribution in [0.15, 0.2) is 53.4 Å². The molecule has 1 saturated heterocycles. The summed E-state index contributed by atoms with van der Waals surface area (Å²) >= 11 is 0. The Labute approximate surface area is 169 Å². The predicted octanol–water partition coefficient (Wildman–Crippen LogP) is 2.45. The number of nitrogens with zero attached hydrogens (tertiary/aromatic N) is 1. The van der Waals surface area contributed by atoms with Gasteiger partial charge in [-0.25, -0.2) is 8.42 Å². The predicted molar refractivity (Wildman–Crippen MR) is 109 cm³/mol. The van der Waals surface area contributed by atoms with Crippen molar-refractivity contribution in [2.75, 3.05) is 24.3 Å². The first-order valence-corrected chi connectivity index (χ1v) is 10.6. The van der Waals surface area contributed by atoms with Crippen molar-refractivity contribution in [3.8, 4) is 5.75 Å². The zero-order chi connectivity index (χ0) is 21.0. The van der Waals surface area contributed by atoms with Crippen LogP contribution in [0.25, 0.3) is 0 Å². The Balaban J connectivity index is 1.73. The first kappa shape index (κ1) is 20.8. The van der Waals surface area contributed by atoms with Crippen LogP contribution in [0.2, 0.25) is 0 Å². The van der Waals surface area contributed by atoms with Gasteiger partial charge in [-0.3, -0.25) is 9.59 Å². The Morgan fingerprint density at radius 2 is 1.59 bits per heavy atom. The van der Waals surface area contributed by atoms with Crippen molar-refractivity contribution < 1.29 is 22.7 Å². The molecule has 29 heavy (non-hydrogen) atoms. The van der Waals surface area contributed by atoms with E-state index in [9.17, 15) is 18.0 Å². The molecule has 1 atom stereocenters. The van der Waals surface area contributed by atoms with Crippen LogP contribution in [0.3, 0.4) is 0 Å². The zero-order valence-corrected chi connectivity index (χ0v) is 17.0. The van der Waals surface area contributed by atoms with Crippen LogP contribution in [0.1, 0.15) is 19.8 Å². The standard InChI is InChI=1S/C20H23N3O5S/c1-14(24)21-15-5-7-16(8-6-15)22-20(25)19-4-3-13-23(19)29(26,27)18-11-9-17(28-2)10-12-18/h5-12,19H,3-4,13H2,1-2H3,(H,21,24)(H,22,25)/t19-/m0/s1.